The van der Waals surface area contributed by atoms with E-state index in [1.807, 2.05) is 59.3 Å². The normalized spacial score (nSPS) is 11.7. The van der Waals surface area contributed by atoms with E-state index in [4.69, 9.17) is 4.52 Å². The van der Waals surface area contributed by atoms with Crippen LogP contribution in [0.25, 0.3) is 44.9 Å². The molecular weight excluding hydrogens is 340 g/mol. The lowest BCUT2D eigenvalue weighted by molar-refractivity contribution is 0.432. The first-order valence-corrected chi connectivity index (χ1v) is 8.74. The summed E-state index contributed by atoms with van der Waals surface area (Å²) in [4.78, 5) is 9.13. The summed E-state index contributed by atoms with van der Waals surface area (Å²) in [5.74, 6) is 0.891. The van der Waals surface area contributed by atoms with Crippen LogP contribution >= 0.6 is 0 Å². The van der Waals surface area contributed by atoms with Crippen molar-refractivity contribution in [3.63, 3.8) is 0 Å². The van der Waals surface area contributed by atoms with E-state index in [-0.39, 0.29) is 6.04 Å². The minimum atomic E-state index is 0.245. The Morgan fingerprint density at radius 2 is 1.81 bits per heavy atom. The topological polar surface area (TPSA) is 82.5 Å². The number of rotatable bonds is 3. The number of benzene rings is 2. The monoisotopic (exact) mass is 356 g/mol. The van der Waals surface area contributed by atoms with E-state index in [1.165, 1.54) is 0 Å². The third-order valence-electron chi connectivity index (χ3n) is 4.46. The molecule has 5 aromatic rings. The minimum Gasteiger partial charge on any atom is -0.334 e. The Balaban J connectivity index is 1.53. The molecule has 0 aliphatic heterocycles. The molecule has 0 saturated carbocycles. The third kappa shape index (κ3) is 2.64. The van der Waals surface area contributed by atoms with E-state index in [9.17, 15) is 0 Å². The second kappa shape index (κ2) is 5.98. The maximum atomic E-state index is 5.46. The van der Waals surface area contributed by atoms with Gasteiger partial charge in [0, 0.05) is 17.0 Å². The Hall–Kier alpha value is -3.61. The van der Waals surface area contributed by atoms with Crippen LogP contribution < -0.4 is 0 Å². The van der Waals surface area contributed by atoms with E-state index in [1.54, 1.807) is 0 Å². The van der Waals surface area contributed by atoms with Gasteiger partial charge < -0.3 is 4.52 Å². The fraction of sp³-hybridized carbons (Fsp3) is 0.150. The number of aromatic nitrogens is 6. The zero-order chi connectivity index (χ0) is 18.4. The largest absolute Gasteiger partial charge is 0.334 e. The van der Waals surface area contributed by atoms with Crippen molar-refractivity contribution in [2.24, 2.45) is 0 Å². The average Bonchev–Trinajstić information content (AvgIpc) is 3.34. The summed E-state index contributed by atoms with van der Waals surface area (Å²) in [6, 6.07) is 17.9. The van der Waals surface area contributed by atoms with Gasteiger partial charge in [-0.3, -0.25) is 0 Å². The number of nitrogens with zero attached hydrogens (tertiary/aromatic N) is 6. The lowest BCUT2D eigenvalue weighted by Crippen LogP contribution is -2.02. The SMILES string of the molecule is CC(C)n1nnc2cc(-c3nc(-c4ccc5ccccc5n4)no3)ccc21. The predicted molar refractivity (Wildman–Crippen MR) is 102 cm³/mol. The van der Waals surface area contributed by atoms with Gasteiger partial charge in [0.05, 0.1) is 11.0 Å². The molecule has 7 heteroatoms. The predicted octanol–water partition coefficient (Wildman–Crippen LogP) is 4.28. The van der Waals surface area contributed by atoms with Crippen molar-refractivity contribution in [3.8, 4) is 23.0 Å². The fourth-order valence-corrected chi connectivity index (χ4v) is 3.09. The zero-order valence-corrected chi connectivity index (χ0v) is 14.9. The summed E-state index contributed by atoms with van der Waals surface area (Å²) in [7, 11) is 0. The number of para-hydroxylation sites is 1. The molecule has 7 nitrogen and oxygen atoms in total. The molecule has 5 rings (SSSR count). The fourth-order valence-electron chi connectivity index (χ4n) is 3.09. The van der Waals surface area contributed by atoms with Crippen molar-refractivity contribution in [3.05, 3.63) is 54.6 Å². The van der Waals surface area contributed by atoms with Crippen LogP contribution in [0.1, 0.15) is 19.9 Å². The molecule has 132 valence electrons. The third-order valence-corrected chi connectivity index (χ3v) is 4.46. The second-order valence-corrected chi connectivity index (χ2v) is 6.64. The van der Waals surface area contributed by atoms with Crippen LogP contribution in [0.2, 0.25) is 0 Å². The van der Waals surface area contributed by atoms with Gasteiger partial charge in [-0.1, -0.05) is 34.6 Å². The molecular formula is C20H16N6O. The maximum Gasteiger partial charge on any atom is 0.258 e. The first-order chi connectivity index (χ1) is 13.2. The van der Waals surface area contributed by atoms with Crippen LogP contribution in [-0.2, 0) is 0 Å². The highest BCUT2D eigenvalue weighted by Crippen LogP contribution is 2.26. The van der Waals surface area contributed by atoms with Crippen molar-refractivity contribution in [2.75, 3.05) is 0 Å². The van der Waals surface area contributed by atoms with Crippen LogP contribution in [0.5, 0.6) is 0 Å². The molecule has 3 aromatic heterocycles. The second-order valence-electron chi connectivity index (χ2n) is 6.64. The molecule has 0 atom stereocenters. The Kier molecular flexibility index (Phi) is 3.46. The van der Waals surface area contributed by atoms with Crippen molar-refractivity contribution in [1.82, 2.24) is 30.1 Å². The Morgan fingerprint density at radius 3 is 2.70 bits per heavy atom. The maximum absolute atomic E-state index is 5.46. The van der Waals surface area contributed by atoms with Gasteiger partial charge in [0.25, 0.3) is 5.89 Å². The standard InChI is InChI=1S/C20H16N6O/c1-12(2)26-18-10-8-14(11-17(18)23-25-26)20-22-19(24-27-20)16-9-7-13-5-3-4-6-15(13)21-16/h3-12H,1-2H3. The molecule has 0 aliphatic rings. The summed E-state index contributed by atoms with van der Waals surface area (Å²) in [5.41, 5.74) is 4.15. The molecule has 0 amide bonds. The van der Waals surface area contributed by atoms with Crippen LogP contribution in [0, 0.1) is 0 Å². The number of hydrogen-bond donors (Lipinski definition) is 0. The van der Waals surface area contributed by atoms with Crippen LogP contribution in [0.4, 0.5) is 0 Å². The molecule has 2 aromatic carbocycles. The minimum absolute atomic E-state index is 0.245. The molecule has 27 heavy (non-hydrogen) atoms. The Bertz CT molecular complexity index is 1270. The summed E-state index contributed by atoms with van der Waals surface area (Å²) >= 11 is 0. The van der Waals surface area contributed by atoms with Gasteiger partial charge >= 0.3 is 0 Å². The zero-order valence-electron chi connectivity index (χ0n) is 14.9. The quantitative estimate of drug-likeness (QED) is 0.480. The van der Waals surface area contributed by atoms with Crippen molar-refractivity contribution >= 4 is 21.9 Å². The average molecular weight is 356 g/mol. The highest BCUT2D eigenvalue weighted by molar-refractivity contribution is 5.81. The van der Waals surface area contributed by atoms with E-state index in [2.05, 4.69) is 39.3 Å². The Morgan fingerprint density at radius 1 is 0.926 bits per heavy atom. The molecule has 3 heterocycles. The van der Waals surface area contributed by atoms with Gasteiger partial charge in [-0.2, -0.15) is 4.98 Å². The van der Waals surface area contributed by atoms with Gasteiger partial charge in [0.15, 0.2) is 0 Å². The number of pyridine rings is 1. The van der Waals surface area contributed by atoms with E-state index in [0.29, 0.717) is 17.4 Å². The van der Waals surface area contributed by atoms with E-state index >= 15 is 0 Å². The smallest absolute Gasteiger partial charge is 0.258 e. The molecule has 0 radical (unpaired) electrons. The van der Waals surface area contributed by atoms with Crippen molar-refractivity contribution < 1.29 is 4.52 Å². The molecule has 0 aliphatic carbocycles. The lowest BCUT2D eigenvalue weighted by atomic mass is 10.2. The van der Waals surface area contributed by atoms with Gasteiger partial charge in [-0.25, -0.2) is 9.67 Å². The molecule has 0 spiro atoms. The van der Waals surface area contributed by atoms with Crippen LogP contribution in [-0.4, -0.2) is 30.1 Å². The first-order valence-electron chi connectivity index (χ1n) is 8.74. The molecule has 0 unspecified atom stereocenters. The molecule has 0 fully saturated rings. The van der Waals surface area contributed by atoms with Gasteiger partial charge in [-0.05, 0) is 44.2 Å². The van der Waals surface area contributed by atoms with E-state index in [0.717, 1.165) is 27.5 Å². The molecule has 0 N–H and O–H groups in total. The Labute approximate surface area is 154 Å². The van der Waals surface area contributed by atoms with E-state index < -0.39 is 0 Å². The lowest BCUT2D eigenvalue weighted by Gasteiger charge is -2.04. The van der Waals surface area contributed by atoms with Gasteiger partial charge in [0.1, 0.15) is 11.2 Å². The molecule has 0 bridgehead atoms. The van der Waals surface area contributed by atoms with Crippen molar-refractivity contribution in [2.45, 2.75) is 19.9 Å². The summed E-state index contributed by atoms with van der Waals surface area (Å²) in [6.45, 7) is 4.14. The van der Waals surface area contributed by atoms with Crippen LogP contribution in [0.15, 0.2) is 59.1 Å². The number of fused-ring (bicyclic) bond motifs is 2. The highest BCUT2D eigenvalue weighted by Gasteiger charge is 2.14. The van der Waals surface area contributed by atoms with Gasteiger partial charge in [-0.15, -0.1) is 5.10 Å². The summed E-state index contributed by atoms with van der Waals surface area (Å²) in [5, 5.41) is 13.6. The summed E-state index contributed by atoms with van der Waals surface area (Å²) < 4.78 is 7.35. The van der Waals surface area contributed by atoms with Gasteiger partial charge in [0.2, 0.25) is 5.82 Å². The highest BCUT2D eigenvalue weighted by atomic mass is 16.5. The summed E-state index contributed by atoms with van der Waals surface area (Å²) in [6.07, 6.45) is 0. The van der Waals surface area contributed by atoms with Crippen molar-refractivity contribution in [1.29, 1.82) is 0 Å². The number of hydrogen-bond acceptors (Lipinski definition) is 6. The first kappa shape index (κ1) is 15.6. The van der Waals surface area contributed by atoms with Crippen LogP contribution in [0.3, 0.4) is 0 Å². The molecule has 0 saturated heterocycles.